The van der Waals surface area contributed by atoms with Gasteiger partial charge in [0.15, 0.2) is 0 Å². The van der Waals surface area contributed by atoms with Crippen molar-refractivity contribution >= 4 is 17.4 Å². The second-order valence-corrected chi connectivity index (χ2v) is 6.61. The molecular formula is C15H26ClN3. The van der Waals surface area contributed by atoms with Crippen molar-refractivity contribution in [3.63, 3.8) is 0 Å². The van der Waals surface area contributed by atoms with Gasteiger partial charge in [-0.2, -0.15) is 0 Å². The first-order chi connectivity index (χ1) is 8.75. The lowest BCUT2D eigenvalue weighted by Crippen LogP contribution is -2.21. The van der Waals surface area contributed by atoms with Crippen LogP contribution in [0.1, 0.15) is 65.3 Å². The molecule has 1 aromatic heterocycles. The lowest BCUT2D eigenvalue weighted by atomic mass is 9.95. The second kappa shape index (κ2) is 6.56. The van der Waals surface area contributed by atoms with Gasteiger partial charge < -0.3 is 5.32 Å². The molecule has 0 fully saturated rings. The van der Waals surface area contributed by atoms with E-state index in [0.717, 1.165) is 23.6 Å². The third-order valence-corrected chi connectivity index (χ3v) is 3.50. The molecule has 4 heteroatoms. The topological polar surface area (TPSA) is 37.8 Å². The molecule has 1 aromatic rings. The summed E-state index contributed by atoms with van der Waals surface area (Å²) in [6.07, 6.45) is 3.57. The summed E-state index contributed by atoms with van der Waals surface area (Å²) in [5, 5.41) is 4.01. The molecule has 0 aliphatic carbocycles. The van der Waals surface area contributed by atoms with Gasteiger partial charge in [-0.1, -0.05) is 52.1 Å². The van der Waals surface area contributed by atoms with Gasteiger partial charge in [-0.25, -0.2) is 9.97 Å². The Kier molecular flexibility index (Phi) is 5.60. The molecule has 1 heterocycles. The Bertz CT molecular complexity index is 424. The van der Waals surface area contributed by atoms with E-state index >= 15 is 0 Å². The molecule has 0 aliphatic heterocycles. The SMILES string of the molecule is CCCCC(C)Nc1nc(C(C)(C)C)nc(Cl)c1C. The van der Waals surface area contributed by atoms with E-state index in [1.165, 1.54) is 12.8 Å². The normalized spacial score (nSPS) is 13.4. The zero-order valence-corrected chi connectivity index (χ0v) is 13.7. The molecule has 19 heavy (non-hydrogen) atoms. The van der Waals surface area contributed by atoms with Crippen LogP contribution in [0.25, 0.3) is 0 Å². The summed E-state index contributed by atoms with van der Waals surface area (Å²) < 4.78 is 0. The van der Waals surface area contributed by atoms with Crippen molar-refractivity contribution in [3.8, 4) is 0 Å². The number of nitrogens with zero attached hydrogens (tertiary/aromatic N) is 2. The van der Waals surface area contributed by atoms with Crippen LogP contribution in [0.2, 0.25) is 5.15 Å². The van der Waals surface area contributed by atoms with E-state index in [2.05, 4.69) is 49.9 Å². The van der Waals surface area contributed by atoms with Crippen LogP contribution < -0.4 is 5.32 Å². The Morgan fingerprint density at radius 2 is 1.89 bits per heavy atom. The van der Waals surface area contributed by atoms with E-state index in [-0.39, 0.29) is 5.41 Å². The molecule has 1 atom stereocenters. The summed E-state index contributed by atoms with van der Waals surface area (Å²) in [7, 11) is 0. The fourth-order valence-electron chi connectivity index (χ4n) is 1.78. The van der Waals surface area contributed by atoms with E-state index in [1.807, 2.05) is 6.92 Å². The number of anilines is 1. The minimum absolute atomic E-state index is 0.0968. The van der Waals surface area contributed by atoms with Crippen LogP contribution in [0.5, 0.6) is 0 Å². The molecule has 3 nitrogen and oxygen atoms in total. The van der Waals surface area contributed by atoms with E-state index in [1.54, 1.807) is 0 Å². The molecule has 0 radical (unpaired) electrons. The molecule has 0 saturated carbocycles. The molecule has 1 unspecified atom stereocenters. The van der Waals surface area contributed by atoms with E-state index in [9.17, 15) is 0 Å². The maximum absolute atomic E-state index is 6.22. The second-order valence-electron chi connectivity index (χ2n) is 6.25. The zero-order chi connectivity index (χ0) is 14.6. The summed E-state index contributed by atoms with van der Waals surface area (Å²) in [5.41, 5.74) is 0.832. The molecule has 0 saturated heterocycles. The maximum Gasteiger partial charge on any atom is 0.137 e. The lowest BCUT2D eigenvalue weighted by molar-refractivity contribution is 0.544. The first-order valence-electron chi connectivity index (χ1n) is 7.06. The van der Waals surface area contributed by atoms with Crippen molar-refractivity contribution in [1.29, 1.82) is 0 Å². The van der Waals surface area contributed by atoms with Gasteiger partial charge in [0.05, 0.1) is 0 Å². The maximum atomic E-state index is 6.22. The molecule has 0 spiro atoms. The Morgan fingerprint density at radius 3 is 2.42 bits per heavy atom. The fourth-order valence-corrected chi connectivity index (χ4v) is 1.95. The van der Waals surface area contributed by atoms with Crippen LogP contribution in [0.4, 0.5) is 5.82 Å². The Hall–Kier alpha value is -0.830. The number of unbranched alkanes of at least 4 members (excludes halogenated alkanes) is 1. The molecule has 0 amide bonds. The highest BCUT2D eigenvalue weighted by molar-refractivity contribution is 6.30. The molecule has 1 rings (SSSR count). The molecular weight excluding hydrogens is 258 g/mol. The zero-order valence-electron chi connectivity index (χ0n) is 13.0. The van der Waals surface area contributed by atoms with Gasteiger partial charge in [0.25, 0.3) is 0 Å². The predicted octanol–water partition coefficient (Wildman–Crippen LogP) is 4.73. The van der Waals surface area contributed by atoms with E-state index < -0.39 is 0 Å². The highest BCUT2D eigenvalue weighted by Gasteiger charge is 2.21. The molecule has 108 valence electrons. The van der Waals surface area contributed by atoms with Crippen LogP contribution in [0.15, 0.2) is 0 Å². The molecule has 0 aromatic carbocycles. The van der Waals surface area contributed by atoms with Crippen LogP contribution >= 0.6 is 11.6 Å². The highest BCUT2D eigenvalue weighted by Crippen LogP contribution is 2.26. The third-order valence-electron chi connectivity index (χ3n) is 3.13. The predicted molar refractivity (Wildman–Crippen MR) is 83.1 cm³/mol. The number of halogens is 1. The summed E-state index contributed by atoms with van der Waals surface area (Å²) >= 11 is 6.22. The molecule has 0 bridgehead atoms. The number of nitrogens with one attached hydrogen (secondary N) is 1. The first kappa shape index (κ1) is 16.2. The smallest absolute Gasteiger partial charge is 0.137 e. The largest absolute Gasteiger partial charge is 0.367 e. The molecule has 0 aliphatic rings. The third kappa shape index (κ3) is 4.64. The van der Waals surface area contributed by atoms with Gasteiger partial charge >= 0.3 is 0 Å². The lowest BCUT2D eigenvalue weighted by Gasteiger charge is -2.21. The van der Waals surface area contributed by atoms with E-state index in [0.29, 0.717) is 11.2 Å². The van der Waals surface area contributed by atoms with Gasteiger partial charge in [-0.3, -0.25) is 0 Å². The van der Waals surface area contributed by atoms with Gasteiger partial charge in [0.1, 0.15) is 16.8 Å². The van der Waals surface area contributed by atoms with Crippen LogP contribution in [0.3, 0.4) is 0 Å². The quantitative estimate of drug-likeness (QED) is 0.794. The van der Waals surface area contributed by atoms with E-state index in [4.69, 9.17) is 11.6 Å². The fraction of sp³-hybridized carbons (Fsp3) is 0.733. The highest BCUT2D eigenvalue weighted by atomic mass is 35.5. The van der Waals surface area contributed by atoms with Crippen molar-refractivity contribution in [2.45, 2.75) is 72.3 Å². The van der Waals surface area contributed by atoms with Crippen molar-refractivity contribution in [3.05, 3.63) is 16.5 Å². The van der Waals surface area contributed by atoms with Crippen LogP contribution in [0, 0.1) is 6.92 Å². The summed E-state index contributed by atoms with van der Waals surface area (Å²) in [6, 6.07) is 0.400. The summed E-state index contributed by atoms with van der Waals surface area (Å²) in [4.78, 5) is 9.03. The van der Waals surface area contributed by atoms with Gasteiger partial charge in [-0.05, 0) is 20.3 Å². The minimum atomic E-state index is -0.0968. The Morgan fingerprint density at radius 1 is 1.26 bits per heavy atom. The van der Waals surface area contributed by atoms with Gasteiger partial charge in [-0.15, -0.1) is 0 Å². The number of hydrogen-bond acceptors (Lipinski definition) is 3. The minimum Gasteiger partial charge on any atom is -0.367 e. The van der Waals surface area contributed by atoms with Crippen LogP contribution in [-0.4, -0.2) is 16.0 Å². The van der Waals surface area contributed by atoms with Crippen molar-refractivity contribution in [2.24, 2.45) is 0 Å². The standard InChI is InChI=1S/C15H26ClN3/c1-7-8-9-10(2)17-13-11(3)12(16)18-14(19-13)15(4,5)6/h10H,7-9H2,1-6H3,(H,17,18,19). The van der Waals surface area contributed by atoms with Crippen molar-refractivity contribution in [2.75, 3.05) is 5.32 Å². The number of hydrogen-bond donors (Lipinski definition) is 1. The average Bonchev–Trinajstić information content (AvgIpc) is 2.30. The Balaban J connectivity index is 2.96. The number of rotatable bonds is 5. The van der Waals surface area contributed by atoms with Gasteiger partial charge in [0, 0.05) is 17.0 Å². The van der Waals surface area contributed by atoms with Crippen molar-refractivity contribution < 1.29 is 0 Å². The summed E-state index contributed by atoms with van der Waals surface area (Å²) in [6.45, 7) is 12.6. The van der Waals surface area contributed by atoms with Crippen molar-refractivity contribution in [1.82, 2.24) is 9.97 Å². The number of aromatic nitrogens is 2. The summed E-state index contributed by atoms with van der Waals surface area (Å²) in [5.74, 6) is 1.65. The average molecular weight is 284 g/mol. The monoisotopic (exact) mass is 283 g/mol. The first-order valence-corrected chi connectivity index (χ1v) is 7.44. The van der Waals surface area contributed by atoms with Crippen LogP contribution in [-0.2, 0) is 5.41 Å². The molecule has 1 N–H and O–H groups in total. The van der Waals surface area contributed by atoms with Gasteiger partial charge in [0.2, 0.25) is 0 Å². The Labute approximate surface area is 122 Å².